The van der Waals surface area contributed by atoms with E-state index >= 15 is 0 Å². The lowest BCUT2D eigenvalue weighted by atomic mass is 9.89. The summed E-state index contributed by atoms with van der Waals surface area (Å²) in [6.07, 6.45) is 1.74. The van der Waals surface area contributed by atoms with Crippen LogP contribution in [0.2, 0.25) is 0 Å². The van der Waals surface area contributed by atoms with Crippen LogP contribution >= 0.6 is 0 Å². The summed E-state index contributed by atoms with van der Waals surface area (Å²) in [6.45, 7) is 1.66. The van der Waals surface area contributed by atoms with E-state index < -0.39 is 5.67 Å². The molecule has 0 spiro atoms. The lowest BCUT2D eigenvalue weighted by Gasteiger charge is -2.35. The standard InChI is InChI=1S/C21H21FN2O3/c22-20(12-23-13-20)15-3-1-2-14(10-15)19(25)24-21(6-7-21)16-4-5-17-18(11-16)27-9-8-26-17/h1-5,10-11,23H,6-9,12-13H2,(H,24,25). The second-order valence-corrected chi connectivity index (χ2v) is 7.54. The van der Waals surface area contributed by atoms with Crippen molar-refractivity contribution in [3.63, 3.8) is 0 Å². The summed E-state index contributed by atoms with van der Waals surface area (Å²) < 4.78 is 25.9. The summed E-state index contributed by atoms with van der Waals surface area (Å²) in [5.41, 5.74) is 0.303. The smallest absolute Gasteiger partial charge is 0.251 e. The number of ether oxygens (including phenoxy) is 2. The Morgan fingerprint density at radius 1 is 1.00 bits per heavy atom. The summed E-state index contributed by atoms with van der Waals surface area (Å²) in [6, 6.07) is 12.7. The third kappa shape index (κ3) is 2.84. The van der Waals surface area contributed by atoms with E-state index in [1.165, 1.54) is 0 Å². The van der Waals surface area contributed by atoms with Crippen molar-refractivity contribution in [1.29, 1.82) is 0 Å². The van der Waals surface area contributed by atoms with E-state index in [4.69, 9.17) is 9.47 Å². The molecule has 5 rings (SSSR count). The largest absolute Gasteiger partial charge is 0.486 e. The minimum Gasteiger partial charge on any atom is -0.486 e. The lowest BCUT2D eigenvalue weighted by molar-refractivity contribution is 0.0883. The van der Waals surface area contributed by atoms with Gasteiger partial charge in [0.1, 0.15) is 13.2 Å². The van der Waals surface area contributed by atoms with Crippen molar-refractivity contribution >= 4 is 5.91 Å². The molecule has 1 saturated heterocycles. The Balaban J connectivity index is 1.37. The Bertz CT molecular complexity index is 906. The highest BCUT2D eigenvalue weighted by molar-refractivity contribution is 5.95. The van der Waals surface area contributed by atoms with Gasteiger partial charge in [-0.2, -0.15) is 0 Å². The zero-order valence-corrected chi connectivity index (χ0v) is 14.9. The summed E-state index contributed by atoms with van der Waals surface area (Å²) in [7, 11) is 0. The monoisotopic (exact) mass is 368 g/mol. The molecule has 3 aliphatic rings. The van der Waals surface area contributed by atoms with E-state index in [1.54, 1.807) is 24.3 Å². The van der Waals surface area contributed by atoms with Crippen molar-refractivity contribution in [2.45, 2.75) is 24.0 Å². The normalized spacial score (nSPS) is 21.1. The predicted molar refractivity (Wildman–Crippen MR) is 97.9 cm³/mol. The second-order valence-electron chi connectivity index (χ2n) is 7.54. The molecular formula is C21H21FN2O3. The van der Waals surface area contributed by atoms with Crippen LogP contribution in [0.1, 0.15) is 34.3 Å². The van der Waals surface area contributed by atoms with Gasteiger partial charge in [0, 0.05) is 18.7 Å². The average Bonchev–Trinajstić information content (AvgIpc) is 3.46. The van der Waals surface area contributed by atoms with E-state index in [-0.39, 0.29) is 11.4 Å². The van der Waals surface area contributed by atoms with Crippen LogP contribution in [-0.4, -0.2) is 32.2 Å². The number of hydrogen-bond donors (Lipinski definition) is 2. The highest BCUT2D eigenvalue weighted by Crippen LogP contribution is 2.48. The van der Waals surface area contributed by atoms with Crippen molar-refractivity contribution < 1.29 is 18.7 Å². The Hall–Kier alpha value is -2.60. The molecule has 1 saturated carbocycles. The van der Waals surface area contributed by atoms with E-state index in [9.17, 15) is 9.18 Å². The van der Waals surface area contributed by atoms with E-state index in [2.05, 4.69) is 10.6 Å². The molecule has 2 aliphatic heterocycles. The number of benzene rings is 2. The number of amides is 1. The molecule has 1 amide bonds. The fourth-order valence-corrected chi connectivity index (χ4v) is 3.73. The number of halogens is 1. The number of alkyl halides is 1. The molecule has 140 valence electrons. The quantitative estimate of drug-likeness (QED) is 0.871. The molecule has 2 aromatic carbocycles. The number of carbonyl (C=O) groups is 1. The van der Waals surface area contributed by atoms with Crippen molar-refractivity contribution in [3.8, 4) is 11.5 Å². The first-order chi connectivity index (χ1) is 13.1. The first-order valence-electron chi connectivity index (χ1n) is 9.31. The van der Waals surface area contributed by atoms with E-state index in [1.807, 2.05) is 18.2 Å². The van der Waals surface area contributed by atoms with Crippen LogP contribution in [0, 0.1) is 0 Å². The molecule has 0 atom stereocenters. The third-order valence-corrected chi connectivity index (χ3v) is 5.65. The average molecular weight is 368 g/mol. The summed E-state index contributed by atoms with van der Waals surface area (Å²) in [4.78, 5) is 12.8. The molecule has 1 aliphatic carbocycles. The topological polar surface area (TPSA) is 59.6 Å². The fraction of sp³-hybridized carbons (Fsp3) is 0.381. The van der Waals surface area contributed by atoms with Gasteiger partial charge in [0.15, 0.2) is 17.2 Å². The molecular weight excluding hydrogens is 347 g/mol. The molecule has 0 aromatic heterocycles. The SMILES string of the molecule is O=C(NC1(c2ccc3c(c2)OCCO3)CC1)c1cccc(C2(F)CNC2)c1. The van der Waals surface area contributed by atoms with Crippen LogP contribution in [0.25, 0.3) is 0 Å². The lowest BCUT2D eigenvalue weighted by Crippen LogP contribution is -2.53. The van der Waals surface area contributed by atoms with Crippen molar-refractivity contribution in [2.75, 3.05) is 26.3 Å². The Labute approximate surface area is 156 Å². The number of carbonyl (C=O) groups excluding carboxylic acids is 1. The Kier molecular flexibility index (Phi) is 3.65. The predicted octanol–water partition coefficient (Wildman–Crippen LogP) is 2.64. The van der Waals surface area contributed by atoms with Crippen LogP contribution in [0.5, 0.6) is 11.5 Å². The van der Waals surface area contributed by atoms with Crippen LogP contribution in [0.4, 0.5) is 4.39 Å². The van der Waals surface area contributed by atoms with Gasteiger partial charge in [0.25, 0.3) is 5.91 Å². The van der Waals surface area contributed by atoms with Gasteiger partial charge < -0.3 is 20.1 Å². The molecule has 0 bridgehead atoms. The van der Waals surface area contributed by atoms with Crippen molar-refractivity contribution in [3.05, 3.63) is 59.2 Å². The minimum atomic E-state index is -1.37. The van der Waals surface area contributed by atoms with E-state index in [0.717, 1.165) is 29.9 Å². The third-order valence-electron chi connectivity index (χ3n) is 5.65. The molecule has 0 unspecified atom stereocenters. The maximum atomic E-state index is 14.6. The maximum absolute atomic E-state index is 14.6. The molecule has 2 heterocycles. The molecule has 2 fully saturated rings. The molecule has 5 nitrogen and oxygen atoms in total. The first kappa shape index (κ1) is 16.6. The van der Waals surface area contributed by atoms with Crippen LogP contribution in [-0.2, 0) is 11.2 Å². The van der Waals surface area contributed by atoms with Crippen LogP contribution in [0.15, 0.2) is 42.5 Å². The molecule has 6 heteroatoms. The molecule has 2 N–H and O–H groups in total. The zero-order chi connectivity index (χ0) is 18.5. The minimum absolute atomic E-state index is 0.180. The number of fused-ring (bicyclic) bond motifs is 1. The van der Waals surface area contributed by atoms with Crippen molar-refractivity contribution in [1.82, 2.24) is 10.6 Å². The van der Waals surface area contributed by atoms with Gasteiger partial charge in [-0.3, -0.25) is 4.79 Å². The summed E-state index contributed by atoms with van der Waals surface area (Å²) in [5, 5.41) is 6.09. The number of rotatable bonds is 4. The highest BCUT2D eigenvalue weighted by atomic mass is 19.1. The second kappa shape index (κ2) is 5.96. The maximum Gasteiger partial charge on any atom is 0.251 e. The van der Waals surface area contributed by atoms with Crippen molar-refractivity contribution in [2.24, 2.45) is 0 Å². The van der Waals surface area contributed by atoms with Gasteiger partial charge in [0.05, 0.1) is 5.54 Å². The number of nitrogens with one attached hydrogen (secondary N) is 2. The summed E-state index contributed by atoms with van der Waals surface area (Å²) >= 11 is 0. The molecule has 27 heavy (non-hydrogen) atoms. The number of hydrogen-bond acceptors (Lipinski definition) is 4. The van der Waals surface area contributed by atoms with E-state index in [0.29, 0.717) is 37.4 Å². The molecule has 2 aromatic rings. The van der Waals surface area contributed by atoms with Crippen LogP contribution < -0.4 is 20.1 Å². The van der Waals surface area contributed by atoms with Crippen LogP contribution in [0.3, 0.4) is 0 Å². The highest BCUT2D eigenvalue weighted by Gasteiger charge is 2.46. The van der Waals surface area contributed by atoms with Gasteiger partial charge in [-0.05, 0) is 48.2 Å². The zero-order valence-electron chi connectivity index (χ0n) is 14.9. The van der Waals surface area contributed by atoms with Gasteiger partial charge in [-0.15, -0.1) is 0 Å². The molecule has 0 radical (unpaired) electrons. The van der Waals surface area contributed by atoms with Gasteiger partial charge in [0.2, 0.25) is 0 Å². The summed E-state index contributed by atoms with van der Waals surface area (Å²) in [5.74, 6) is 1.28. The Morgan fingerprint density at radius 3 is 2.48 bits per heavy atom. The van der Waals surface area contributed by atoms with Gasteiger partial charge >= 0.3 is 0 Å². The fourth-order valence-electron chi connectivity index (χ4n) is 3.73. The van der Waals surface area contributed by atoms with Gasteiger partial charge in [-0.1, -0.05) is 18.2 Å². The first-order valence-corrected chi connectivity index (χ1v) is 9.31. The van der Waals surface area contributed by atoms with Gasteiger partial charge in [-0.25, -0.2) is 4.39 Å². The Morgan fingerprint density at radius 2 is 1.78 bits per heavy atom.